The maximum Gasteiger partial charge on any atom is 0.434 e. The molecule has 1 aromatic heterocycles. The van der Waals surface area contributed by atoms with Gasteiger partial charge in [-0.3, -0.25) is 0 Å². The average molecular weight is 307 g/mol. The SMILES string of the molecule is FC(F)(F)c1nc(I)ccc1Cl. The number of hydrogen-bond acceptors (Lipinski definition) is 1. The fraction of sp³-hybridized carbons (Fsp3) is 0.167. The van der Waals surface area contributed by atoms with Crippen molar-refractivity contribution in [1.29, 1.82) is 0 Å². The molecule has 0 aliphatic carbocycles. The van der Waals surface area contributed by atoms with Gasteiger partial charge in [-0.25, -0.2) is 4.98 Å². The van der Waals surface area contributed by atoms with Crippen LogP contribution in [-0.4, -0.2) is 4.98 Å². The standard InChI is InChI=1S/C6H2ClF3IN/c7-3-1-2-4(11)12-5(3)6(8,9)10/h1-2H. The van der Waals surface area contributed by atoms with E-state index in [-0.39, 0.29) is 8.72 Å². The average Bonchev–Trinajstić information content (AvgIpc) is 1.92. The summed E-state index contributed by atoms with van der Waals surface area (Å²) in [6, 6.07) is 2.59. The van der Waals surface area contributed by atoms with Gasteiger partial charge in [0, 0.05) is 0 Å². The Morgan fingerprint density at radius 1 is 1.33 bits per heavy atom. The van der Waals surface area contributed by atoms with Gasteiger partial charge in [-0.05, 0) is 34.7 Å². The zero-order chi connectivity index (χ0) is 9.35. The lowest BCUT2D eigenvalue weighted by atomic mass is 10.3. The second-order valence-corrected chi connectivity index (χ2v) is 3.47. The third-order valence-corrected chi connectivity index (χ3v) is 1.99. The highest BCUT2D eigenvalue weighted by Gasteiger charge is 2.35. The highest BCUT2D eigenvalue weighted by Crippen LogP contribution is 2.33. The van der Waals surface area contributed by atoms with E-state index >= 15 is 0 Å². The van der Waals surface area contributed by atoms with Crippen LogP contribution in [0.1, 0.15) is 5.69 Å². The summed E-state index contributed by atoms with van der Waals surface area (Å²) in [6.45, 7) is 0. The molecule has 1 aromatic rings. The molecule has 0 N–H and O–H groups in total. The van der Waals surface area contributed by atoms with Gasteiger partial charge >= 0.3 is 6.18 Å². The van der Waals surface area contributed by atoms with Gasteiger partial charge < -0.3 is 0 Å². The first-order valence-electron chi connectivity index (χ1n) is 2.80. The molecule has 1 heterocycles. The molecule has 1 rings (SSSR count). The summed E-state index contributed by atoms with van der Waals surface area (Å²) >= 11 is 6.99. The van der Waals surface area contributed by atoms with Crippen molar-refractivity contribution >= 4 is 34.2 Å². The molecule has 0 spiro atoms. The van der Waals surface area contributed by atoms with E-state index in [9.17, 15) is 13.2 Å². The fourth-order valence-electron chi connectivity index (χ4n) is 0.617. The van der Waals surface area contributed by atoms with Crippen LogP contribution in [0.2, 0.25) is 5.02 Å². The highest BCUT2D eigenvalue weighted by atomic mass is 127. The second kappa shape index (κ2) is 3.37. The largest absolute Gasteiger partial charge is 0.434 e. The van der Waals surface area contributed by atoms with Crippen molar-refractivity contribution < 1.29 is 13.2 Å². The molecular formula is C6H2ClF3IN. The predicted molar refractivity (Wildman–Crippen MR) is 47.0 cm³/mol. The van der Waals surface area contributed by atoms with E-state index in [1.54, 1.807) is 22.6 Å². The minimum Gasteiger partial charge on any atom is -0.236 e. The number of pyridine rings is 1. The molecule has 0 unspecified atom stereocenters. The Labute approximate surface area is 85.1 Å². The maximum atomic E-state index is 12.1. The van der Waals surface area contributed by atoms with E-state index in [4.69, 9.17) is 11.6 Å². The van der Waals surface area contributed by atoms with Gasteiger partial charge in [0.15, 0.2) is 5.69 Å². The summed E-state index contributed by atoms with van der Waals surface area (Å²) in [6.07, 6.45) is -4.47. The molecule has 0 aliphatic heterocycles. The molecule has 0 bridgehead atoms. The third kappa shape index (κ3) is 2.22. The van der Waals surface area contributed by atoms with Gasteiger partial charge in [0.25, 0.3) is 0 Å². The third-order valence-electron chi connectivity index (χ3n) is 1.08. The van der Waals surface area contributed by atoms with Crippen molar-refractivity contribution in [3.05, 3.63) is 26.5 Å². The van der Waals surface area contributed by atoms with Gasteiger partial charge in [-0.2, -0.15) is 13.2 Å². The minimum absolute atomic E-state index is 0.268. The molecule has 0 atom stereocenters. The molecule has 0 saturated heterocycles. The van der Waals surface area contributed by atoms with E-state index in [1.807, 2.05) is 0 Å². The molecule has 12 heavy (non-hydrogen) atoms. The molecule has 6 heteroatoms. The van der Waals surface area contributed by atoms with Crippen LogP contribution in [0.15, 0.2) is 12.1 Å². The Kier molecular flexibility index (Phi) is 2.82. The highest BCUT2D eigenvalue weighted by molar-refractivity contribution is 14.1. The van der Waals surface area contributed by atoms with E-state index in [2.05, 4.69) is 4.98 Å². The van der Waals surface area contributed by atoms with Gasteiger partial charge in [-0.1, -0.05) is 11.6 Å². The molecule has 0 radical (unpaired) electrons. The number of hydrogen-bond donors (Lipinski definition) is 0. The Morgan fingerprint density at radius 2 is 1.92 bits per heavy atom. The predicted octanol–water partition coefficient (Wildman–Crippen LogP) is 3.36. The monoisotopic (exact) mass is 307 g/mol. The molecule has 0 amide bonds. The van der Waals surface area contributed by atoms with Crippen LogP contribution in [0.25, 0.3) is 0 Å². The number of alkyl halides is 3. The summed E-state index contributed by atoms with van der Waals surface area (Å²) in [5.74, 6) is 0. The zero-order valence-corrected chi connectivity index (χ0v) is 8.41. The van der Waals surface area contributed by atoms with Crippen molar-refractivity contribution in [2.24, 2.45) is 0 Å². The first kappa shape index (κ1) is 10.0. The van der Waals surface area contributed by atoms with Crippen LogP contribution in [0.4, 0.5) is 13.2 Å². The summed E-state index contributed by atoms with van der Waals surface area (Å²) < 4.78 is 36.5. The smallest absolute Gasteiger partial charge is 0.236 e. The quantitative estimate of drug-likeness (QED) is 0.529. The van der Waals surface area contributed by atoms with Gasteiger partial charge in [-0.15, -0.1) is 0 Å². The van der Waals surface area contributed by atoms with Crippen LogP contribution in [-0.2, 0) is 6.18 Å². The molecule has 66 valence electrons. The molecular weight excluding hydrogens is 305 g/mol. The first-order valence-corrected chi connectivity index (χ1v) is 4.26. The Bertz CT molecular complexity index is 299. The van der Waals surface area contributed by atoms with Gasteiger partial charge in [0.1, 0.15) is 3.70 Å². The lowest BCUT2D eigenvalue weighted by molar-refractivity contribution is -0.141. The summed E-state index contributed by atoms with van der Waals surface area (Å²) in [7, 11) is 0. The van der Waals surface area contributed by atoms with Crippen molar-refractivity contribution in [1.82, 2.24) is 4.98 Å². The Morgan fingerprint density at radius 3 is 2.33 bits per heavy atom. The zero-order valence-electron chi connectivity index (χ0n) is 5.49. The van der Waals surface area contributed by atoms with Crippen LogP contribution in [0, 0.1) is 3.70 Å². The minimum atomic E-state index is -4.47. The van der Waals surface area contributed by atoms with Crippen LogP contribution >= 0.6 is 34.2 Å². The van der Waals surface area contributed by atoms with Crippen LogP contribution in [0.5, 0.6) is 0 Å². The first-order chi connectivity index (χ1) is 5.41. The molecule has 0 aromatic carbocycles. The summed E-state index contributed by atoms with van der Waals surface area (Å²) in [5.41, 5.74) is -1.03. The summed E-state index contributed by atoms with van der Waals surface area (Å²) in [5, 5.41) is -0.372. The molecule has 0 aliphatic rings. The molecule has 0 saturated carbocycles. The van der Waals surface area contributed by atoms with Crippen molar-refractivity contribution in [2.45, 2.75) is 6.18 Å². The van der Waals surface area contributed by atoms with E-state index in [0.29, 0.717) is 0 Å². The Hall–Kier alpha value is -0.0400. The maximum absolute atomic E-state index is 12.1. The lowest BCUT2D eigenvalue weighted by Gasteiger charge is -2.06. The number of nitrogens with zero attached hydrogens (tertiary/aromatic N) is 1. The van der Waals surface area contributed by atoms with Gasteiger partial charge in [0.05, 0.1) is 5.02 Å². The summed E-state index contributed by atoms with van der Waals surface area (Å²) in [4.78, 5) is 3.27. The fourth-order valence-corrected chi connectivity index (χ4v) is 1.25. The lowest BCUT2D eigenvalue weighted by Crippen LogP contribution is -2.09. The van der Waals surface area contributed by atoms with Crippen molar-refractivity contribution in [3.8, 4) is 0 Å². The number of rotatable bonds is 0. The Balaban J connectivity index is 3.23. The normalized spacial score (nSPS) is 11.8. The van der Waals surface area contributed by atoms with Crippen molar-refractivity contribution in [3.63, 3.8) is 0 Å². The van der Waals surface area contributed by atoms with E-state index < -0.39 is 11.9 Å². The molecule has 1 nitrogen and oxygen atoms in total. The van der Waals surface area contributed by atoms with Crippen LogP contribution in [0.3, 0.4) is 0 Å². The second-order valence-electron chi connectivity index (χ2n) is 1.96. The van der Waals surface area contributed by atoms with E-state index in [1.165, 1.54) is 12.1 Å². The van der Waals surface area contributed by atoms with Crippen LogP contribution < -0.4 is 0 Å². The number of halogens is 5. The number of aromatic nitrogens is 1. The van der Waals surface area contributed by atoms with E-state index in [0.717, 1.165) is 0 Å². The molecule has 0 fully saturated rings. The van der Waals surface area contributed by atoms with Gasteiger partial charge in [0.2, 0.25) is 0 Å². The topological polar surface area (TPSA) is 12.9 Å². The van der Waals surface area contributed by atoms with Crippen molar-refractivity contribution in [2.75, 3.05) is 0 Å².